The van der Waals surface area contributed by atoms with Crippen LogP contribution in [0.1, 0.15) is 12.3 Å². The summed E-state index contributed by atoms with van der Waals surface area (Å²) >= 11 is 0. The number of sulfonamides is 1. The zero-order chi connectivity index (χ0) is 21.1. The highest BCUT2D eigenvalue weighted by Crippen LogP contribution is 2.33. The van der Waals surface area contributed by atoms with Gasteiger partial charge in [0.2, 0.25) is 21.7 Å². The molecule has 30 heavy (non-hydrogen) atoms. The van der Waals surface area contributed by atoms with Gasteiger partial charge in [0.25, 0.3) is 5.91 Å². The SMILES string of the molecule is CS(=O)(=O)N1CC[C@@H](C(=O)NCc2nc(-c3ccccc3)no2)Oc2ccccc21. The lowest BCUT2D eigenvalue weighted by atomic mass is 10.2. The van der Waals surface area contributed by atoms with Gasteiger partial charge in [0.1, 0.15) is 5.75 Å². The molecule has 2 aromatic carbocycles. The number of para-hydroxylation sites is 2. The van der Waals surface area contributed by atoms with Crippen LogP contribution in [-0.2, 0) is 21.4 Å². The Balaban J connectivity index is 1.44. The second kappa shape index (κ2) is 8.15. The molecule has 4 rings (SSSR count). The van der Waals surface area contributed by atoms with Crippen LogP contribution in [0.5, 0.6) is 5.75 Å². The Hall–Kier alpha value is -3.40. The summed E-state index contributed by atoms with van der Waals surface area (Å²) in [6.07, 6.45) is 0.478. The molecule has 0 unspecified atom stereocenters. The number of anilines is 1. The van der Waals surface area contributed by atoms with Crippen LogP contribution in [-0.4, -0.2) is 43.4 Å². The highest BCUT2D eigenvalue weighted by Gasteiger charge is 2.31. The van der Waals surface area contributed by atoms with Gasteiger partial charge < -0.3 is 14.6 Å². The third kappa shape index (κ3) is 4.28. The number of rotatable bonds is 5. The standard InChI is InChI=1S/C20H20N4O5S/c1-30(26,27)24-12-11-17(28-16-10-6-5-9-15(16)24)20(25)21-13-18-22-19(23-29-18)14-7-3-2-4-8-14/h2-10,17H,11-13H2,1H3,(H,21,25)/t17-/m0/s1. The van der Waals surface area contributed by atoms with E-state index in [2.05, 4.69) is 15.5 Å². The second-order valence-electron chi connectivity index (χ2n) is 6.79. The van der Waals surface area contributed by atoms with Crippen molar-refractivity contribution in [1.82, 2.24) is 15.5 Å². The molecule has 0 fully saturated rings. The van der Waals surface area contributed by atoms with E-state index in [-0.39, 0.29) is 31.3 Å². The maximum atomic E-state index is 12.7. The third-order valence-electron chi connectivity index (χ3n) is 4.60. The monoisotopic (exact) mass is 428 g/mol. The van der Waals surface area contributed by atoms with Gasteiger partial charge in [0.15, 0.2) is 6.10 Å². The van der Waals surface area contributed by atoms with E-state index in [0.717, 1.165) is 11.8 Å². The van der Waals surface area contributed by atoms with E-state index in [0.29, 0.717) is 17.3 Å². The summed E-state index contributed by atoms with van der Waals surface area (Å²) in [5, 5.41) is 6.63. The minimum absolute atomic E-state index is 0.0377. The van der Waals surface area contributed by atoms with Gasteiger partial charge in [-0.2, -0.15) is 4.98 Å². The lowest BCUT2D eigenvalue weighted by molar-refractivity contribution is -0.128. The van der Waals surface area contributed by atoms with E-state index in [1.165, 1.54) is 4.31 Å². The molecule has 1 atom stereocenters. The first kappa shape index (κ1) is 19.9. The van der Waals surface area contributed by atoms with E-state index in [1.807, 2.05) is 30.3 Å². The Morgan fingerprint density at radius 1 is 1.17 bits per heavy atom. The van der Waals surface area contributed by atoms with Gasteiger partial charge in [-0.1, -0.05) is 47.6 Å². The average molecular weight is 428 g/mol. The maximum Gasteiger partial charge on any atom is 0.261 e. The van der Waals surface area contributed by atoms with E-state index in [4.69, 9.17) is 9.26 Å². The van der Waals surface area contributed by atoms with Gasteiger partial charge in [0.05, 0.1) is 18.5 Å². The minimum atomic E-state index is -3.50. The Morgan fingerprint density at radius 2 is 1.90 bits per heavy atom. The largest absolute Gasteiger partial charge is 0.478 e. The molecule has 0 spiro atoms. The van der Waals surface area contributed by atoms with Crippen LogP contribution in [0.2, 0.25) is 0 Å². The quantitative estimate of drug-likeness (QED) is 0.661. The first-order valence-corrected chi connectivity index (χ1v) is 11.2. The number of hydrogen-bond donors (Lipinski definition) is 1. The summed E-state index contributed by atoms with van der Waals surface area (Å²) in [6, 6.07) is 16.1. The van der Waals surface area contributed by atoms with E-state index in [1.54, 1.807) is 24.3 Å². The van der Waals surface area contributed by atoms with Crippen molar-refractivity contribution in [1.29, 1.82) is 0 Å². The predicted molar refractivity (Wildman–Crippen MR) is 109 cm³/mol. The van der Waals surface area contributed by atoms with Gasteiger partial charge in [-0.05, 0) is 12.1 Å². The fraction of sp³-hybridized carbons (Fsp3) is 0.250. The Kier molecular flexibility index (Phi) is 5.40. The summed E-state index contributed by atoms with van der Waals surface area (Å²) < 4.78 is 36.6. The number of nitrogens with zero attached hydrogens (tertiary/aromatic N) is 3. The molecular weight excluding hydrogens is 408 g/mol. The summed E-state index contributed by atoms with van der Waals surface area (Å²) in [4.78, 5) is 16.9. The van der Waals surface area contributed by atoms with Crippen LogP contribution in [0.4, 0.5) is 5.69 Å². The van der Waals surface area contributed by atoms with Gasteiger partial charge in [-0.3, -0.25) is 9.10 Å². The van der Waals surface area contributed by atoms with Crippen molar-refractivity contribution in [3.63, 3.8) is 0 Å². The fourth-order valence-electron chi connectivity index (χ4n) is 3.17. The highest BCUT2D eigenvalue weighted by atomic mass is 32.2. The molecule has 156 valence electrons. The Morgan fingerprint density at radius 3 is 2.67 bits per heavy atom. The molecule has 0 bridgehead atoms. The first-order chi connectivity index (χ1) is 14.4. The van der Waals surface area contributed by atoms with Gasteiger partial charge in [-0.25, -0.2) is 8.42 Å². The average Bonchev–Trinajstić information content (AvgIpc) is 3.11. The van der Waals surface area contributed by atoms with Crippen molar-refractivity contribution in [2.45, 2.75) is 19.1 Å². The molecule has 10 heteroatoms. The highest BCUT2D eigenvalue weighted by molar-refractivity contribution is 7.92. The molecule has 2 heterocycles. The molecule has 1 aliphatic rings. The number of fused-ring (bicyclic) bond motifs is 1. The minimum Gasteiger partial charge on any atom is -0.478 e. The number of aromatic nitrogens is 2. The molecule has 0 saturated carbocycles. The molecule has 1 N–H and O–H groups in total. The fourth-order valence-corrected chi connectivity index (χ4v) is 4.11. The number of carbonyl (C=O) groups excluding carboxylic acids is 1. The van der Waals surface area contributed by atoms with Crippen LogP contribution in [0.3, 0.4) is 0 Å². The predicted octanol–water partition coefficient (Wildman–Crippen LogP) is 1.97. The van der Waals surface area contributed by atoms with Gasteiger partial charge in [-0.15, -0.1) is 0 Å². The molecule has 0 radical (unpaired) electrons. The summed E-state index contributed by atoms with van der Waals surface area (Å²) in [6.45, 7) is 0.169. The number of ether oxygens (including phenoxy) is 1. The maximum absolute atomic E-state index is 12.7. The van der Waals surface area contributed by atoms with Crippen molar-refractivity contribution in [2.24, 2.45) is 0 Å². The zero-order valence-electron chi connectivity index (χ0n) is 16.2. The van der Waals surface area contributed by atoms with Crippen LogP contribution >= 0.6 is 0 Å². The van der Waals surface area contributed by atoms with E-state index in [9.17, 15) is 13.2 Å². The molecular formula is C20H20N4O5S. The second-order valence-corrected chi connectivity index (χ2v) is 8.70. The lowest BCUT2D eigenvalue weighted by Crippen LogP contribution is -2.39. The van der Waals surface area contributed by atoms with Crippen molar-refractivity contribution in [2.75, 3.05) is 17.1 Å². The van der Waals surface area contributed by atoms with Crippen LogP contribution in [0.25, 0.3) is 11.4 Å². The smallest absolute Gasteiger partial charge is 0.261 e. The Labute approximate surface area is 173 Å². The van der Waals surface area contributed by atoms with Crippen LogP contribution in [0, 0.1) is 0 Å². The number of carbonyl (C=O) groups is 1. The third-order valence-corrected chi connectivity index (χ3v) is 5.78. The lowest BCUT2D eigenvalue weighted by Gasteiger charge is -2.20. The topological polar surface area (TPSA) is 115 Å². The Bertz CT molecular complexity index is 1150. The van der Waals surface area contributed by atoms with Gasteiger partial charge in [0, 0.05) is 18.5 Å². The molecule has 0 aliphatic carbocycles. The molecule has 1 aliphatic heterocycles. The van der Waals surface area contributed by atoms with Gasteiger partial charge >= 0.3 is 0 Å². The molecule has 3 aromatic rings. The van der Waals surface area contributed by atoms with Crippen molar-refractivity contribution in [3.05, 3.63) is 60.5 Å². The van der Waals surface area contributed by atoms with Crippen molar-refractivity contribution < 1.29 is 22.5 Å². The summed E-state index contributed by atoms with van der Waals surface area (Å²) in [5.74, 6) is 0.640. The van der Waals surface area contributed by atoms with E-state index >= 15 is 0 Å². The normalized spacial score (nSPS) is 16.3. The number of nitrogens with one attached hydrogen (secondary N) is 1. The zero-order valence-corrected chi connectivity index (χ0v) is 17.0. The van der Waals surface area contributed by atoms with Crippen LogP contribution in [0.15, 0.2) is 59.1 Å². The molecule has 1 amide bonds. The summed E-state index contributed by atoms with van der Waals surface area (Å²) in [7, 11) is -3.50. The molecule has 9 nitrogen and oxygen atoms in total. The molecule has 1 aromatic heterocycles. The van der Waals surface area contributed by atoms with E-state index < -0.39 is 16.1 Å². The van der Waals surface area contributed by atoms with Crippen molar-refractivity contribution in [3.8, 4) is 17.1 Å². The number of hydrogen-bond acceptors (Lipinski definition) is 7. The number of benzene rings is 2. The number of amides is 1. The first-order valence-electron chi connectivity index (χ1n) is 9.31. The molecule has 0 saturated heterocycles. The summed E-state index contributed by atoms with van der Waals surface area (Å²) in [5.41, 5.74) is 1.23. The van der Waals surface area contributed by atoms with Crippen molar-refractivity contribution >= 4 is 21.6 Å². The van der Waals surface area contributed by atoms with Crippen LogP contribution < -0.4 is 14.4 Å².